The Morgan fingerprint density at radius 3 is 2.62 bits per heavy atom. The normalized spacial score (nSPS) is 13.9. The predicted molar refractivity (Wildman–Crippen MR) is 99.5 cm³/mol. The highest BCUT2D eigenvalue weighted by Crippen LogP contribution is 2.27. The molecule has 0 unspecified atom stereocenters. The first-order chi connectivity index (χ1) is 11.8. The van der Waals surface area contributed by atoms with Crippen LogP contribution in [0.15, 0.2) is 53.5 Å². The maximum Gasteiger partial charge on any atom is 0.198 e. The van der Waals surface area contributed by atoms with E-state index in [1.54, 1.807) is 0 Å². The Morgan fingerprint density at radius 1 is 1.12 bits per heavy atom. The van der Waals surface area contributed by atoms with Crippen molar-refractivity contribution in [2.45, 2.75) is 26.5 Å². The van der Waals surface area contributed by atoms with Gasteiger partial charge in [-0.05, 0) is 36.1 Å². The van der Waals surface area contributed by atoms with Gasteiger partial charge in [-0.15, -0.1) is 0 Å². The number of nitrogens with one attached hydrogen (secondary N) is 1. The third-order valence-electron chi connectivity index (χ3n) is 4.30. The molecular weight excluding hydrogens is 298 g/mol. The Hall–Kier alpha value is -2.33. The van der Waals surface area contributed by atoms with Gasteiger partial charge < -0.3 is 15.0 Å². The number of nitrogens with zero attached hydrogens (tertiary/aromatic N) is 2. The molecule has 3 rings (SSSR count). The van der Waals surface area contributed by atoms with Crippen molar-refractivity contribution in [2.24, 2.45) is 4.99 Å². The number of benzene rings is 2. The first kappa shape index (κ1) is 16.5. The molecule has 24 heavy (non-hydrogen) atoms. The zero-order valence-corrected chi connectivity index (χ0v) is 14.5. The third kappa shape index (κ3) is 3.77. The number of anilines is 1. The minimum Gasteiger partial charge on any atom is -0.377 e. The van der Waals surface area contributed by atoms with Crippen LogP contribution in [0.4, 0.5) is 5.69 Å². The smallest absolute Gasteiger partial charge is 0.198 e. The largest absolute Gasteiger partial charge is 0.377 e. The summed E-state index contributed by atoms with van der Waals surface area (Å²) in [5, 5.41) is 3.48. The van der Waals surface area contributed by atoms with E-state index >= 15 is 0 Å². The van der Waals surface area contributed by atoms with Crippen LogP contribution in [0.3, 0.4) is 0 Å². The van der Waals surface area contributed by atoms with E-state index < -0.39 is 0 Å². The highest BCUT2D eigenvalue weighted by Gasteiger charge is 2.22. The van der Waals surface area contributed by atoms with Crippen LogP contribution in [0.1, 0.15) is 23.6 Å². The lowest BCUT2D eigenvalue weighted by atomic mass is 10.1. The molecule has 1 aliphatic heterocycles. The van der Waals surface area contributed by atoms with Gasteiger partial charge in [0.2, 0.25) is 0 Å². The van der Waals surface area contributed by atoms with E-state index in [-0.39, 0.29) is 0 Å². The summed E-state index contributed by atoms with van der Waals surface area (Å²) in [5.74, 6) is 0.929. The molecule has 2 aromatic rings. The molecule has 0 saturated carbocycles. The van der Waals surface area contributed by atoms with Crippen LogP contribution in [0, 0.1) is 0 Å². The Kier molecular flexibility index (Phi) is 5.49. The fourth-order valence-electron chi connectivity index (χ4n) is 3.01. The van der Waals surface area contributed by atoms with Crippen LogP contribution >= 0.6 is 0 Å². The van der Waals surface area contributed by atoms with Gasteiger partial charge in [-0.3, -0.25) is 4.99 Å². The Morgan fingerprint density at radius 2 is 1.88 bits per heavy atom. The summed E-state index contributed by atoms with van der Waals surface area (Å²) in [7, 11) is 1.84. The number of para-hydroxylation sites is 1. The molecular formula is C20H25N3O. The summed E-state index contributed by atoms with van der Waals surface area (Å²) in [4.78, 5) is 6.72. The first-order valence-corrected chi connectivity index (χ1v) is 8.53. The number of aliphatic imine (C=N–C) groups is 1. The van der Waals surface area contributed by atoms with Crippen molar-refractivity contribution in [1.29, 1.82) is 0 Å². The third-order valence-corrected chi connectivity index (χ3v) is 4.30. The van der Waals surface area contributed by atoms with Gasteiger partial charge in [-0.2, -0.15) is 0 Å². The van der Waals surface area contributed by atoms with Crippen LogP contribution in [-0.4, -0.2) is 26.2 Å². The second-order valence-corrected chi connectivity index (χ2v) is 5.88. The van der Waals surface area contributed by atoms with Crippen molar-refractivity contribution in [1.82, 2.24) is 5.32 Å². The van der Waals surface area contributed by atoms with Crippen molar-refractivity contribution in [3.05, 3.63) is 65.2 Å². The van der Waals surface area contributed by atoms with Gasteiger partial charge in [0, 0.05) is 32.4 Å². The average molecular weight is 323 g/mol. The zero-order chi connectivity index (χ0) is 16.8. The highest BCUT2D eigenvalue weighted by atomic mass is 16.5. The lowest BCUT2D eigenvalue weighted by molar-refractivity contribution is 0.134. The molecule has 126 valence electrons. The fourth-order valence-corrected chi connectivity index (χ4v) is 3.01. The van der Waals surface area contributed by atoms with Crippen LogP contribution in [0.2, 0.25) is 0 Å². The molecule has 0 atom stereocenters. The number of ether oxygens (including phenoxy) is 1. The van der Waals surface area contributed by atoms with E-state index in [0.29, 0.717) is 6.61 Å². The van der Waals surface area contributed by atoms with E-state index in [0.717, 1.165) is 32.1 Å². The van der Waals surface area contributed by atoms with Gasteiger partial charge in [0.05, 0.1) is 6.61 Å². The van der Waals surface area contributed by atoms with Gasteiger partial charge in [0.1, 0.15) is 0 Å². The van der Waals surface area contributed by atoms with E-state index in [1.807, 2.05) is 14.0 Å². The second-order valence-electron chi connectivity index (χ2n) is 5.88. The summed E-state index contributed by atoms with van der Waals surface area (Å²) in [5.41, 5.74) is 5.10. The Labute approximate surface area is 144 Å². The topological polar surface area (TPSA) is 36.9 Å². The van der Waals surface area contributed by atoms with Gasteiger partial charge >= 0.3 is 0 Å². The van der Waals surface area contributed by atoms with Crippen molar-refractivity contribution in [3.63, 3.8) is 0 Å². The maximum atomic E-state index is 5.43. The van der Waals surface area contributed by atoms with Gasteiger partial charge in [0.15, 0.2) is 5.96 Å². The molecule has 0 aliphatic carbocycles. The molecule has 0 fully saturated rings. The SMILES string of the molecule is CCOCc1ccc(CNC(=NC)N2CCc3ccccc32)cc1. The lowest BCUT2D eigenvalue weighted by Crippen LogP contribution is -2.40. The van der Waals surface area contributed by atoms with Crippen LogP contribution in [0.25, 0.3) is 0 Å². The van der Waals surface area contributed by atoms with Gasteiger partial charge in [0.25, 0.3) is 0 Å². The molecule has 0 radical (unpaired) electrons. The Bertz CT molecular complexity index is 694. The summed E-state index contributed by atoms with van der Waals surface area (Å²) in [6.45, 7) is 5.18. The molecule has 0 bridgehead atoms. The molecule has 1 N–H and O–H groups in total. The lowest BCUT2D eigenvalue weighted by Gasteiger charge is -2.22. The van der Waals surface area contributed by atoms with Crippen molar-refractivity contribution < 1.29 is 4.74 Å². The number of hydrogen-bond acceptors (Lipinski definition) is 2. The van der Waals surface area contributed by atoms with E-state index in [4.69, 9.17) is 4.74 Å². The van der Waals surface area contributed by atoms with Crippen LogP contribution in [-0.2, 0) is 24.3 Å². The molecule has 1 aliphatic rings. The number of fused-ring (bicyclic) bond motifs is 1. The van der Waals surface area contributed by atoms with Gasteiger partial charge in [-0.1, -0.05) is 42.5 Å². The Balaban J connectivity index is 1.61. The number of hydrogen-bond donors (Lipinski definition) is 1. The summed E-state index contributed by atoms with van der Waals surface area (Å²) < 4.78 is 5.43. The van der Waals surface area contributed by atoms with Crippen molar-refractivity contribution >= 4 is 11.6 Å². The minimum atomic E-state index is 0.677. The number of guanidine groups is 1. The fraction of sp³-hybridized carbons (Fsp3) is 0.350. The highest BCUT2D eigenvalue weighted by molar-refractivity contribution is 5.97. The predicted octanol–water partition coefficient (Wildman–Crippen LogP) is 3.36. The second kappa shape index (κ2) is 7.97. The minimum absolute atomic E-state index is 0.677. The van der Waals surface area contributed by atoms with Crippen LogP contribution < -0.4 is 10.2 Å². The summed E-state index contributed by atoms with van der Waals surface area (Å²) >= 11 is 0. The van der Waals surface area contributed by atoms with E-state index in [2.05, 4.69) is 63.7 Å². The van der Waals surface area contributed by atoms with Crippen molar-refractivity contribution in [2.75, 3.05) is 25.1 Å². The monoisotopic (exact) mass is 323 g/mol. The summed E-state index contributed by atoms with van der Waals surface area (Å²) in [6, 6.07) is 17.1. The summed E-state index contributed by atoms with van der Waals surface area (Å²) in [6.07, 6.45) is 1.07. The maximum absolute atomic E-state index is 5.43. The van der Waals surface area contributed by atoms with E-state index in [9.17, 15) is 0 Å². The quantitative estimate of drug-likeness (QED) is 0.677. The molecule has 0 saturated heterocycles. The molecule has 4 heteroatoms. The molecule has 0 aromatic heterocycles. The molecule has 0 amide bonds. The standard InChI is InChI=1S/C20H25N3O/c1-3-24-15-17-10-8-16(9-11-17)14-22-20(21-2)23-13-12-18-6-4-5-7-19(18)23/h4-11H,3,12-15H2,1-2H3,(H,21,22). The van der Waals surface area contributed by atoms with Crippen molar-refractivity contribution in [3.8, 4) is 0 Å². The van der Waals surface area contributed by atoms with Gasteiger partial charge in [-0.25, -0.2) is 0 Å². The van der Waals surface area contributed by atoms with E-state index in [1.165, 1.54) is 22.4 Å². The molecule has 4 nitrogen and oxygen atoms in total. The molecule has 1 heterocycles. The molecule has 0 spiro atoms. The average Bonchev–Trinajstić information content (AvgIpc) is 3.06. The van der Waals surface area contributed by atoms with Crippen LogP contribution in [0.5, 0.6) is 0 Å². The zero-order valence-electron chi connectivity index (χ0n) is 14.5. The molecule has 2 aromatic carbocycles. The number of rotatable bonds is 5. The first-order valence-electron chi connectivity index (χ1n) is 8.53.